The van der Waals surface area contributed by atoms with E-state index < -0.39 is 4.92 Å². The number of carbonyl (C=O) groups excluding carboxylic acids is 2. The Bertz CT molecular complexity index is 451. The molecule has 1 aromatic carbocycles. The molecule has 0 atom stereocenters. The summed E-state index contributed by atoms with van der Waals surface area (Å²) < 4.78 is 0. The maximum atomic E-state index is 11.2. The third kappa shape index (κ3) is 1.90. The second kappa shape index (κ2) is 4.00. The molecule has 78 valence electrons. The first-order chi connectivity index (χ1) is 6.99. The van der Waals surface area contributed by atoms with Gasteiger partial charge in [-0.1, -0.05) is 0 Å². The van der Waals surface area contributed by atoms with Crippen LogP contribution in [0.4, 0.5) is 5.69 Å². The minimum absolute atomic E-state index is 0.124. The van der Waals surface area contributed by atoms with Crippen LogP contribution in [0.2, 0.25) is 0 Å². The molecule has 0 radical (unpaired) electrons. The summed E-state index contributed by atoms with van der Waals surface area (Å²) in [6.07, 6.45) is 0.521. The Morgan fingerprint density at radius 1 is 1.47 bits per heavy atom. The van der Waals surface area contributed by atoms with Crippen molar-refractivity contribution >= 4 is 17.8 Å². The van der Waals surface area contributed by atoms with E-state index in [4.69, 9.17) is 0 Å². The highest BCUT2D eigenvalue weighted by Crippen LogP contribution is 2.24. The number of rotatable bonds is 3. The van der Waals surface area contributed by atoms with E-state index in [1.165, 1.54) is 26.0 Å². The molecule has 0 heterocycles. The third-order valence-electron chi connectivity index (χ3n) is 2.14. The van der Waals surface area contributed by atoms with Crippen LogP contribution in [0.1, 0.15) is 33.2 Å². The second-order valence-electron chi connectivity index (χ2n) is 3.11. The van der Waals surface area contributed by atoms with Crippen molar-refractivity contribution in [1.29, 1.82) is 0 Å². The van der Waals surface area contributed by atoms with Crippen LogP contribution in [-0.4, -0.2) is 17.0 Å². The zero-order valence-corrected chi connectivity index (χ0v) is 8.31. The molecule has 0 aliphatic rings. The summed E-state index contributed by atoms with van der Waals surface area (Å²) in [5.74, 6) is -0.349. The van der Waals surface area contributed by atoms with Crippen molar-refractivity contribution in [3.05, 3.63) is 38.9 Å². The topological polar surface area (TPSA) is 77.3 Å². The van der Waals surface area contributed by atoms with Gasteiger partial charge >= 0.3 is 0 Å². The van der Waals surface area contributed by atoms with E-state index in [1.807, 2.05) is 0 Å². The SMILES string of the molecule is CC(=O)c1c(C=O)ccc([N+](=O)[O-])c1C. The zero-order valence-electron chi connectivity index (χ0n) is 8.31. The summed E-state index contributed by atoms with van der Waals surface area (Å²) in [5.41, 5.74) is 0.396. The molecule has 1 rings (SSSR count). The van der Waals surface area contributed by atoms with E-state index >= 15 is 0 Å². The maximum absolute atomic E-state index is 11.2. The van der Waals surface area contributed by atoms with Gasteiger partial charge in [-0.05, 0) is 19.9 Å². The van der Waals surface area contributed by atoms with Crippen molar-refractivity contribution in [1.82, 2.24) is 0 Å². The number of hydrogen-bond donors (Lipinski definition) is 0. The van der Waals surface area contributed by atoms with E-state index in [2.05, 4.69) is 0 Å². The van der Waals surface area contributed by atoms with Crippen LogP contribution >= 0.6 is 0 Å². The van der Waals surface area contributed by atoms with Crippen molar-refractivity contribution in [3.8, 4) is 0 Å². The van der Waals surface area contributed by atoms with Gasteiger partial charge in [-0.2, -0.15) is 0 Å². The predicted octanol–water partition coefficient (Wildman–Crippen LogP) is 1.92. The lowest BCUT2D eigenvalue weighted by molar-refractivity contribution is -0.385. The highest BCUT2D eigenvalue weighted by atomic mass is 16.6. The molecule has 0 fully saturated rings. The van der Waals surface area contributed by atoms with Crippen LogP contribution in [0.5, 0.6) is 0 Å². The Morgan fingerprint density at radius 2 is 2.07 bits per heavy atom. The largest absolute Gasteiger partial charge is 0.298 e. The van der Waals surface area contributed by atoms with Gasteiger partial charge in [-0.15, -0.1) is 0 Å². The van der Waals surface area contributed by atoms with Gasteiger partial charge in [0.15, 0.2) is 12.1 Å². The summed E-state index contributed by atoms with van der Waals surface area (Å²) in [6, 6.07) is 2.51. The summed E-state index contributed by atoms with van der Waals surface area (Å²) in [5, 5.41) is 10.6. The Balaban J connectivity index is 3.56. The molecule has 0 unspecified atom stereocenters. The third-order valence-corrected chi connectivity index (χ3v) is 2.14. The van der Waals surface area contributed by atoms with Gasteiger partial charge in [-0.3, -0.25) is 19.7 Å². The smallest absolute Gasteiger partial charge is 0.273 e. The maximum Gasteiger partial charge on any atom is 0.273 e. The molecule has 0 aliphatic carbocycles. The molecular formula is C10H9NO4. The fraction of sp³-hybridized carbons (Fsp3) is 0.200. The van der Waals surface area contributed by atoms with Crippen LogP contribution in [-0.2, 0) is 0 Å². The first-order valence-electron chi connectivity index (χ1n) is 4.23. The van der Waals surface area contributed by atoms with Gasteiger partial charge in [0.05, 0.1) is 4.92 Å². The minimum Gasteiger partial charge on any atom is -0.298 e. The Labute approximate surface area is 85.9 Å². The highest BCUT2D eigenvalue weighted by molar-refractivity contribution is 6.03. The van der Waals surface area contributed by atoms with Crippen molar-refractivity contribution in [2.75, 3.05) is 0 Å². The number of nitrogens with zero attached hydrogens (tertiary/aromatic N) is 1. The fourth-order valence-electron chi connectivity index (χ4n) is 1.48. The van der Waals surface area contributed by atoms with Gasteiger partial charge in [0.25, 0.3) is 5.69 Å². The van der Waals surface area contributed by atoms with Gasteiger partial charge < -0.3 is 0 Å². The average molecular weight is 207 g/mol. The number of carbonyl (C=O) groups is 2. The molecule has 5 nitrogen and oxygen atoms in total. The lowest BCUT2D eigenvalue weighted by atomic mass is 9.98. The van der Waals surface area contributed by atoms with E-state index in [1.54, 1.807) is 0 Å². The van der Waals surface area contributed by atoms with Crippen LogP contribution in [0.15, 0.2) is 12.1 Å². The fourth-order valence-corrected chi connectivity index (χ4v) is 1.48. The lowest BCUT2D eigenvalue weighted by Crippen LogP contribution is -2.05. The molecule has 0 aliphatic heterocycles. The molecule has 0 spiro atoms. The Kier molecular flexibility index (Phi) is 2.94. The van der Waals surface area contributed by atoms with E-state index in [0.29, 0.717) is 6.29 Å². The number of nitro groups is 1. The Morgan fingerprint density at radius 3 is 2.47 bits per heavy atom. The van der Waals surface area contributed by atoms with E-state index in [9.17, 15) is 19.7 Å². The molecule has 1 aromatic rings. The average Bonchev–Trinajstić information content (AvgIpc) is 2.15. The van der Waals surface area contributed by atoms with Gasteiger partial charge in [-0.25, -0.2) is 0 Å². The molecule has 0 bridgehead atoms. The molecule has 0 aromatic heterocycles. The highest BCUT2D eigenvalue weighted by Gasteiger charge is 2.19. The van der Waals surface area contributed by atoms with Crippen molar-refractivity contribution in [2.24, 2.45) is 0 Å². The molecule has 0 saturated carbocycles. The van der Waals surface area contributed by atoms with Crippen molar-refractivity contribution in [3.63, 3.8) is 0 Å². The number of nitro benzene ring substituents is 1. The van der Waals surface area contributed by atoms with Gasteiger partial charge in [0.1, 0.15) is 0 Å². The molecule has 5 heteroatoms. The Hall–Kier alpha value is -2.04. The molecular weight excluding hydrogens is 198 g/mol. The van der Waals surface area contributed by atoms with Gasteiger partial charge in [0.2, 0.25) is 0 Å². The number of aldehydes is 1. The second-order valence-corrected chi connectivity index (χ2v) is 3.11. The molecule has 15 heavy (non-hydrogen) atoms. The summed E-state index contributed by atoms with van der Waals surface area (Å²) >= 11 is 0. The number of ketones is 1. The first kappa shape index (κ1) is 11.0. The van der Waals surface area contributed by atoms with E-state index in [0.717, 1.165) is 0 Å². The zero-order chi connectivity index (χ0) is 11.6. The summed E-state index contributed by atoms with van der Waals surface area (Å²) in [6.45, 7) is 2.74. The number of Topliss-reactive ketones (excluding diaryl/α,β-unsaturated/α-hetero) is 1. The number of benzene rings is 1. The van der Waals surface area contributed by atoms with Gasteiger partial charge in [0, 0.05) is 22.8 Å². The molecule has 0 N–H and O–H groups in total. The van der Waals surface area contributed by atoms with Crippen molar-refractivity contribution in [2.45, 2.75) is 13.8 Å². The summed E-state index contributed by atoms with van der Waals surface area (Å²) in [7, 11) is 0. The molecule has 0 saturated heterocycles. The van der Waals surface area contributed by atoms with Crippen LogP contribution < -0.4 is 0 Å². The first-order valence-corrected chi connectivity index (χ1v) is 4.23. The molecule has 0 amide bonds. The quantitative estimate of drug-likeness (QED) is 0.328. The number of hydrogen-bond acceptors (Lipinski definition) is 4. The van der Waals surface area contributed by atoms with Crippen LogP contribution in [0, 0.1) is 17.0 Å². The lowest BCUT2D eigenvalue weighted by Gasteiger charge is -2.05. The van der Waals surface area contributed by atoms with E-state index in [-0.39, 0.29) is 28.2 Å². The van der Waals surface area contributed by atoms with Crippen LogP contribution in [0.3, 0.4) is 0 Å². The monoisotopic (exact) mass is 207 g/mol. The standard InChI is InChI=1S/C10H9NO4/c1-6-9(11(14)15)4-3-8(5-12)10(6)7(2)13/h3-5H,1-2H3. The van der Waals surface area contributed by atoms with Crippen molar-refractivity contribution < 1.29 is 14.5 Å². The minimum atomic E-state index is -0.573. The predicted molar refractivity (Wildman–Crippen MR) is 53.2 cm³/mol. The normalized spacial score (nSPS) is 9.73. The summed E-state index contributed by atoms with van der Waals surface area (Å²) in [4.78, 5) is 31.9. The van der Waals surface area contributed by atoms with Crippen LogP contribution in [0.25, 0.3) is 0 Å².